The lowest BCUT2D eigenvalue weighted by Crippen LogP contribution is -2.24. The molecule has 1 aromatic carbocycles. The number of likely N-dealkylation sites (tertiary alicyclic amines) is 1. The van der Waals surface area contributed by atoms with E-state index in [1.807, 2.05) is 12.1 Å². The van der Waals surface area contributed by atoms with E-state index in [9.17, 15) is 0 Å². The number of nitrogens with zero attached hydrogens (tertiary/aromatic N) is 5. The molecule has 0 radical (unpaired) electrons. The largest absolute Gasteiger partial charge is 0.368 e. The maximum atomic E-state index is 5.66. The normalized spacial score (nSPS) is 18.7. The molecule has 118 valence electrons. The van der Waals surface area contributed by atoms with Gasteiger partial charge in [0.2, 0.25) is 11.9 Å². The van der Waals surface area contributed by atoms with Crippen molar-refractivity contribution in [1.29, 1.82) is 0 Å². The van der Waals surface area contributed by atoms with Crippen LogP contribution in [0.1, 0.15) is 29.7 Å². The van der Waals surface area contributed by atoms with Crippen molar-refractivity contribution in [3.8, 4) is 0 Å². The number of nitrogen functional groups attached to an aromatic ring is 2. The zero-order valence-corrected chi connectivity index (χ0v) is 13.3. The summed E-state index contributed by atoms with van der Waals surface area (Å²) in [4.78, 5) is 19.3. The molecule has 0 spiro atoms. The third-order valence-corrected chi connectivity index (χ3v) is 5.16. The minimum absolute atomic E-state index is 0.170. The number of thiazole rings is 1. The van der Waals surface area contributed by atoms with Crippen LogP contribution >= 0.6 is 11.3 Å². The van der Waals surface area contributed by atoms with Gasteiger partial charge in [-0.05, 0) is 31.5 Å². The van der Waals surface area contributed by atoms with E-state index in [-0.39, 0.29) is 11.9 Å². The van der Waals surface area contributed by atoms with Crippen LogP contribution in [0, 0.1) is 0 Å². The van der Waals surface area contributed by atoms with Gasteiger partial charge in [0.05, 0.1) is 22.8 Å². The predicted octanol–water partition coefficient (Wildman–Crippen LogP) is 1.98. The van der Waals surface area contributed by atoms with Gasteiger partial charge in [0.1, 0.15) is 10.8 Å². The molecule has 2 aromatic heterocycles. The van der Waals surface area contributed by atoms with Crippen LogP contribution in [0.15, 0.2) is 24.3 Å². The minimum atomic E-state index is 0.170. The van der Waals surface area contributed by atoms with Gasteiger partial charge in [-0.3, -0.25) is 4.90 Å². The van der Waals surface area contributed by atoms with Crippen molar-refractivity contribution in [2.75, 3.05) is 18.0 Å². The van der Waals surface area contributed by atoms with E-state index in [0.29, 0.717) is 18.4 Å². The quantitative estimate of drug-likeness (QED) is 0.757. The van der Waals surface area contributed by atoms with Gasteiger partial charge in [0.15, 0.2) is 0 Å². The molecule has 1 fully saturated rings. The lowest BCUT2D eigenvalue weighted by Gasteiger charge is -2.21. The van der Waals surface area contributed by atoms with Gasteiger partial charge in [0, 0.05) is 0 Å². The number of benzene rings is 1. The first-order valence-electron chi connectivity index (χ1n) is 7.54. The number of hydrogen-bond acceptors (Lipinski definition) is 8. The molecule has 4 rings (SSSR count). The van der Waals surface area contributed by atoms with E-state index < -0.39 is 0 Å². The first-order chi connectivity index (χ1) is 11.2. The van der Waals surface area contributed by atoms with E-state index in [4.69, 9.17) is 16.5 Å². The van der Waals surface area contributed by atoms with Gasteiger partial charge >= 0.3 is 0 Å². The highest BCUT2D eigenvalue weighted by Gasteiger charge is 2.29. The fourth-order valence-corrected chi connectivity index (χ4v) is 4.17. The molecule has 0 amide bonds. The minimum Gasteiger partial charge on any atom is -0.368 e. The Hall–Kier alpha value is -2.32. The zero-order valence-electron chi connectivity index (χ0n) is 12.5. The Morgan fingerprint density at radius 3 is 2.65 bits per heavy atom. The maximum Gasteiger partial charge on any atom is 0.225 e. The molecule has 7 nitrogen and oxygen atoms in total. The van der Waals surface area contributed by atoms with Gasteiger partial charge in [-0.15, -0.1) is 11.3 Å². The lowest BCUT2D eigenvalue weighted by molar-refractivity contribution is 0.242. The SMILES string of the molecule is Nc1nc(N)nc(CN2CCCC2c2nc3ccccc3s2)n1. The van der Waals surface area contributed by atoms with E-state index in [2.05, 4.69) is 32.0 Å². The van der Waals surface area contributed by atoms with E-state index in [1.54, 1.807) is 11.3 Å². The van der Waals surface area contributed by atoms with Crippen LogP contribution in [0.4, 0.5) is 11.9 Å². The smallest absolute Gasteiger partial charge is 0.225 e. The average molecular weight is 327 g/mol. The number of hydrogen-bond donors (Lipinski definition) is 2. The third kappa shape index (κ3) is 2.82. The first kappa shape index (κ1) is 14.3. The van der Waals surface area contributed by atoms with Crippen molar-refractivity contribution in [1.82, 2.24) is 24.8 Å². The summed E-state index contributed by atoms with van der Waals surface area (Å²) in [5.74, 6) is 0.953. The van der Waals surface area contributed by atoms with Crippen molar-refractivity contribution < 1.29 is 0 Å². The van der Waals surface area contributed by atoms with E-state index >= 15 is 0 Å². The molecule has 8 heteroatoms. The molecule has 1 saturated heterocycles. The third-order valence-electron chi connectivity index (χ3n) is 4.02. The summed E-state index contributed by atoms with van der Waals surface area (Å²) in [6.07, 6.45) is 2.23. The molecule has 3 heterocycles. The van der Waals surface area contributed by atoms with Gasteiger partial charge in [-0.2, -0.15) is 15.0 Å². The highest BCUT2D eigenvalue weighted by atomic mass is 32.1. The summed E-state index contributed by atoms with van der Waals surface area (Å²) in [6, 6.07) is 8.54. The van der Waals surface area contributed by atoms with Crippen LogP contribution < -0.4 is 11.5 Å². The van der Waals surface area contributed by atoms with Crippen molar-refractivity contribution in [3.05, 3.63) is 35.1 Å². The topological polar surface area (TPSA) is 107 Å². The van der Waals surface area contributed by atoms with Gasteiger partial charge in [-0.1, -0.05) is 12.1 Å². The van der Waals surface area contributed by atoms with Crippen molar-refractivity contribution in [3.63, 3.8) is 0 Å². The number of para-hydroxylation sites is 1. The van der Waals surface area contributed by atoms with Crippen molar-refractivity contribution in [2.45, 2.75) is 25.4 Å². The van der Waals surface area contributed by atoms with Crippen LogP contribution in [0.25, 0.3) is 10.2 Å². The molecule has 1 aliphatic rings. The number of fused-ring (bicyclic) bond motifs is 1. The Kier molecular flexibility index (Phi) is 3.55. The van der Waals surface area contributed by atoms with Crippen LogP contribution in [0.2, 0.25) is 0 Å². The molecular weight excluding hydrogens is 310 g/mol. The van der Waals surface area contributed by atoms with Gasteiger partial charge < -0.3 is 11.5 Å². The Bertz CT molecular complexity index is 793. The van der Waals surface area contributed by atoms with E-state index in [1.165, 1.54) is 4.70 Å². The maximum absolute atomic E-state index is 5.66. The molecule has 1 aliphatic heterocycles. The Labute approximate surface area is 137 Å². The van der Waals surface area contributed by atoms with Gasteiger partial charge in [0.25, 0.3) is 0 Å². The second-order valence-corrected chi connectivity index (χ2v) is 6.68. The summed E-state index contributed by atoms with van der Waals surface area (Å²) >= 11 is 1.76. The van der Waals surface area contributed by atoms with Crippen molar-refractivity contribution >= 4 is 33.5 Å². The van der Waals surface area contributed by atoms with Crippen molar-refractivity contribution in [2.24, 2.45) is 0 Å². The zero-order chi connectivity index (χ0) is 15.8. The average Bonchev–Trinajstić information content (AvgIpc) is 3.11. The molecule has 0 bridgehead atoms. The fourth-order valence-electron chi connectivity index (χ4n) is 3.04. The summed E-state index contributed by atoms with van der Waals surface area (Å²) in [7, 11) is 0. The molecule has 0 saturated carbocycles. The summed E-state index contributed by atoms with van der Waals surface area (Å²) in [5, 5.41) is 1.15. The van der Waals surface area contributed by atoms with Crippen LogP contribution in [-0.2, 0) is 6.54 Å². The molecular formula is C15H17N7S. The standard InChI is InChI=1S/C15H17N7S/c16-14-19-12(20-15(17)21-14)8-22-7-3-5-10(22)13-18-9-4-1-2-6-11(9)23-13/h1-2,4,6,10H,3,5,7-8H2,(H4,16,17,19,20,21). The number of nitrogens with two attached hydrogens (primary N) is 2. The second-order valence-electron chi connectivity index (χ2n) is 5.62. The molecule has 0 aliphatic carbocycles. The Morgan fingerprint density at radius 2 is 1.87 bits per heavy atom. The summed E-state index contributed by atoms with van der Waals surface area (Å²) in [5.41, 5.74) is 12.4. The monoisotopic (exact) mass is 327 g/mol. The van der Waals surface area contributed by atoms with Crippen LogP contribution in [0.3, 0.4) is 0 Å². The van der Waals surface area contributed by atoms with Gasteiger partial charge in [-0.25, -0.2) is 4.98 Å². The molecule has 4 N–H and O–H groups in total. The number of aromatic nitrogens is 4. The summed E-state index contributed by atoms with van der Waals surface area (Å²) < 4.78 is 1.23. The number of anilines is 2. The Balaban J connectivity index is 1.60. The molecule has 1 unspecified atom stereocenters. The van der Waals surface area contributed by atoms with Crippen LogP contribution in [0.5, 0.6) is 0 Å². The summed E-state index contributed by atoms with van der Waals surface area (Å²) in [6.45, 7) is 1.60. The molecule has 23 heavy (non-hydrogen) atoms. The molecule has 1 atom stereocenters. The highest BCUT2D eigenvalue weighted by Crippen LogP contribution is 2.36. The second kappa shape index (κ2) is 5.71. The molecule has 3 aromatic rings. The lowest BCUT2D eigenvalue weighted by atomic mass is 10.2. The highest BCUT2D eigenvalue weighted by molar-refractivity contribution is 7.18. The Morgan fingerprint density at radius 1 is 1.09 bits per heavy atom. The van der Waals surface area contributed by atoms with E-state index in [0.717, 1.165) is 29.9 Å². The number of rotatable bonds is 3. The first-order valence-corrected chi connectivity index (χ1v) is 8.36. The predicted molar refractivity (Wildman–Crippen MR) is 90.7 cm³/mol. The van der Waals surface area contributed by atoms with Crippen LogP contribution in [-0.4, -0.2) is 31.4 Å². The fraction of sp³-hybridized carbons (Fsp3) is 0.333.